The van der Waals surface area contributed by atoms with Crippen LogP contribution in [0.5, 0.6) is 0 Å². The molecule has 0 saturated carbocycles. The van der Waals surface area contributed by atoms with Crippen molar-refractivity contribution >= 4 is 46.7 Å². The van der Waals surface area contributed by atoms with E-state index >= 15 is 0 Å². The van der Waals surface area contributed by atoms with Crippen LogP contribution in [0.25, 0.3) is 0 Å². The van der Waals surface area contributed by atoms with Crippen molar-refractivity contribution in [2.75, 3.05) is 6.61 Å². The van der Waals surface area contributed by atoms with E-state index < -0.39 is 18.5 Å². The molecule has 2 aromatic carbocycles. The normalized spacial score (nSPS) is 11.7. The number of halogens is 3. The first-order valence-corrected chi connectivity index (χ1v) is 8.17. The van der Waals surface area contributed by atoms with E-state index in [9.17, 15) is 9.59 Å². The van der Waals surface area contributed by atoms with Gasteiger partial charge in [0.25, 0.3) is 5.91 Å². The maximum Gasteiger partial charge on any atom is 0.340 e. The molecule has 0 aliphatic carbocycles. The number of benzene rings is 2. The van der Waals surface area contributed by atoms with Gasteiger partial charge in [0, 0.05) is 10.0 Å². The third-order valence-corrected chi connectivity index (χ3v) is 4.05. The van der Waals surface area contributed by atoms with Crippen LogP contribution < -0.4 is 5.32 Å². The number of carbonyl (C=O) groups excluding carboxylic acids is 2. The summed E-state index contributed by atoms with van der Waals surface area (Å²) in [4.78, 5) is 23.9. The molecule has 2 rings (SSSR count). The second-order valence-electron chi connectivity index (χ2n) is 5.04. The zero-order chi connectivity index (χ0) is 17.7. The topological polar surface area (TPSA) is 55.4 Å². The van der Waals surface area contributed by atoms with Crippen molar-refractivity contribution in [2.45, 2.75) is 13.0 Å². The fourth-order valence-electron chi connectivity index (χ4n) is 1.98. The third-order valence-electron chi connectivity index (χ3n) is 3.23. The molecule has 0 spiro atoms. The molecule has 2 aromatic rings. The van der Waals surface area contributed by atoms with Crippen molar-refractivity contribution in [3.8, 4) is 0 Å². The second-order valence-corrected chi connectivity index (χ2v) is 6.32. The maximum absolute atomic E-state index is 12.0. The van der Waals surface area contributed by atoms with Gasteiger partial charge in [-0.05, 0) is 42.8 Å². The van der Waals surface area contributed by atoms with Gasteiger partial charge in [-0.15, -0.1) is 0 Å². The van der Waals surface area contributed by atoms with Crippen molar-refractivity contribution in [1.82, 2.24) is 5.32 Å². The molecule has 0 bridgehead atoms. The maximum atomic E-state index is 12.0. The summed E-state index contributed by atoms with van der Waals surface area (Å²) < 4.78 is 4.97. The van der Waals surface area contributed by atoms with Crippen LogP contribution in [0.2, 0.25) is 15.1 Å². The Balaban J connectivity index is 1.89. The van der Waals surface area contributed by atoms with E-state index in [2.05, 4.69) is 5.32 Å². The van der Waals surface area contributed by atoms with Crippen molar-refractivity contribution < 1.29 is 14.3 Å². The van der Waals surface area contributed by atoms with Gasteiger partial charge in [0.15, 0.2) is 6.61 Å². The minimum atomic E-state index is -0.711. The molecule has 1 atom stereocenters. The van der Waals surface area contributed by atoms with E-state index in [1.54, 1.807) is 18.2 Å². The summed E-state index contributed by atoms with van der Waals surface area (Å²) in [6.45, 7) is 1.40. The lowest BCUT2D eigenvalue weighted by Gasteiger charge is -2.14. The smallest absolute Gasteiger partial charge is 0.340 e. The van der Waals surface area contributed by atoms with Crippen molar-refractivity contribution in [3.05, 3.63) is 68.7 Å². The van der Waals surface area contributed by atoms with E-state index in [1.807, 2.05) is 19.1 Å². The van der Waals surface area contributed by atoms with Crippen LogP contribution in [0.4, 0.5) is 0 Å². The number of carbonyl (C=O) groups is 2. The van der Waals surface area contributed by atoms with Gasteiger partial charge >= 0.3 is 5.97 Å². The first-order chi connectivity index (χ1) is 11.4. The number of nitrogens with one attached hydrogen (secondary N) is 1. The van der Waals surface area contributed by atoms with Gasteiger partial charge in [-0.2, -0.15) is 0 Å². The second kappa shape index (κ2) is 8.38. The van der Waals surface area contributed by atoms with Gasteiger partial charge in [0.2, 0.25) is 0 Å². The Hall–Kier alpha value is -1.75. The molecule has 0 heterocycles. The Morgan fingerprint density at radius 3 is 2.33 bits per heavy atom. The van der Waals surface area contributed by atoms with Crippen molar-refractivity contribution in [1.29, 1.82) is 0 Å². The minimum absolute atomic E-state index is 0.114. The Morgan fingerprint density at radius 2 is 1.67 bits per heavy atom. The van der Waals surface area contributed by atoms with Crippen LogP contribution in [0.15, 0.2) is 42.5 Å². The molecule has 7 heteroatoms. The van der Waals surface area contributed by atoms with E-state index in [0.717, 1.165) is 5.56 Å². The molecule has 1 N–H and O–H groups in total. The molecule has 0 aromatic heterocycles. The minimum Gasteiger partial charge on any atom is -0.452 e. The summed E-state index contributed by atoms with van der Waals surface area (Å²) >= 11 is 17.6. The molecule has 1 amide bonds. The fraction of sp³-hybridized carbons (Fsp3) is 0.176. The Bertz CT molecular complexity index is 747. The van der Waals surface area contributed by atoms with Crippen LogP contribution >= 0.6 is 34.8 Å². The molecule has 4 nitrogen and oxygen atoms in total. The van der Waals surface area contributed by atoms with E-state index in [4.69, 9.17) is 39.5 Å². The number of ether oxygens (including phenoxy) is 1. The van der Waals surface area contributed by atoms with Gasteiger partial charge in [0.1, 0.15) is 0 Å². The SMILES string of the molecule is C[C@@H](NC(=O)COC(=O)c1cc(Cl)ccc1Cl)c1ccc(Cl)cc1. The van der Waals surface area contributed by atoms with Crippen LogP contribution in [0, 0.1) is 0 Å². The van der Waals surface area contributed by atoms with Gasteiger partial charge in [-0.1, -0.05) is 46.9 Å². The highest BCUT2D eigenvalue weighted by Crippen LogP contribution is 2.21. The van der Waals surface area contributed by atoms with Gasteiger partial charge in [-0.25, -0.2) is 4.79 Å². The van der Waals surface area contributed by atoms with E-state index in [1.165, 1.54) is 12.1 Å². The van der Waals surface area contributed by atoms with E-state index in [0.29, 0.717) is 10.0 Å². The molecule has 0 saturated heterocycles. The van der Waals surface area contributed by atoms with Gasteiger partial charge < -0.3 is 10.1 Å². The zero-order valence-corrected chi connectivity index (χ0v) is 15.0. The monoisotopic (exact) mass is 385 g/mol. The number of esters is 1. The average Bonchev–Trinajstić information content (AvgIpc) is 2.55. The van der Waals surface area contributed by atoms with Crippen LogP contribution in [0.1, 0.15) is 28.9 Å². The predicted octanol–water partition coefficient (Wildman–Crippen LogP) is 4.68. The molecule has 0 aliphatic heterocycles. The first-order valence-electron chi connectivity index (χ1n) is 7.04. The van der Waals surface area contributed by atoms with Crippen LogP contribution in [-0.2, 0) is 9.53 Å². The van der Waals surface area contributed by atoms with Crippen molar-refractivity contribution in [2.24, 2.45) is 0 Å². The lowest BCUT2D eigenvalue weighted by molar-refractivity contribution is -0.124. The molecule has 0 fully saturated rings. The fourth-order valence-corrected chi connectivity index (χ4v) is 2.47. The quantitative estimate of drug-likeness (QED) is 0.759. The average molecular weight is 387 g/mol. The first kappa shape index (κ1) is 18.6. The Morgan fingerprint density at radius 1 is 1.04 bits per heavy atom. The van der Waals surface area contributed by atoms with Crippen LogP contribution in [-0.4, -0.2) is 18.5 Å². The number of hydrogen-bond acceptors (Lipinski definition) is 3. The molecular formula is C17H14Cl3NO3. The number of amides is 1. The van der Waals surface area contributed by atoms with Gasteiger partial charge in [0.05, 0.1) is 16.6 Å². The molecule has 0 radical (unpaired) electrons. The lowest BCUT2D eigenvalue weighted by atomic mass is 10.1. The molecule has 0 aliphatic rings. The number of rotatable bonds is 5. The van der Waals surface area contributed by atoms with Crippen LogP contribution in [0.3, 0.4) is 0 Å². The largest absolute Gasteiger partial charge is 0.452 e. The van der Waals surface area contributed by atoms with E-state index in [-0.39, 0.29) is 16.6 Å². The Kier molecular flexibility index (Phi) is 6.49. The highest BCUT2D eigenvalue weighted by atomic mass is 35.5. The summed E-state index contributed by atoms with van der Waals surface area (Å²) in [5.74, 6) is -1.14. The summed E-state index contributed by atoms with van der Waals surface area (Å²) in [6, 6.07) is 11.3. The molecule has 126 valence electrons. The summed E-state index contributed by atoms with van der Waals surface area (Å²) in [6.07, 6.45) is 0. The highest BCUT2D eigenvalue weighted by molar-refractivity contribution is 6.35. The third kappa shape index (κ3) is 5.13. The standard InChI is InChI=1S/C17H14Cl3NO3/c1-10(11-2-4-12(18)5-3-11)21-16(22)9-24-17(23)14-8-13(19)6-7-15(14)20/h2-8,10H,9H2,1H3,(H,21,22)/t10-/m1/s1. The highest BCUT2D eigenvalue weighted by Gasteiger charge is 2.15. The Labute approximate surface area is 154 Å². The molecule has 0 unspecified atom stereocenters. The van der Waals surface area contributed by atoms with Gasteiger partial charge in [-0.3, -0.25) is 4.79 Å². The zero-order valence-electron chi connectivity index (χ0n) is 12.7. The molecule has 24 heavy (non-hydrogen) atoms. The predicted molar refractivity (Wildman–Crippen MR) is 94.8 cm³/mol. The summed E-state index contributed by atoms with van der Waals surface area (Å²) in [5, 5.41) is 3.91. The van der Waals surface area contributed by atoms with Crippen molar-refractivity contribution in [3.63, 3.8) is 0 Å². The summed E-state index contributed by atoms with van der Waals surface area (Å²) in [5.41, 5.74) is 1.000. The number of hydrogen-bond donors (Lipinski definition) is 1. The lowest BCUT2D eigenvalue weighted by Crippen LogP contribution is -2.31. The molecular weight excluding hydrogens is 373 g/mol. The summed E-state index contributed by atoms with van der Waals surface area (Å²) in [7, 11) is 0.